The predicted molar refractivity (Wildman–Crippen MR) is 53.2 cm³/mol. The Kier molecular flexibility index (Phi) is 5.98. The lowest BCUT2D eigenvalue weighted by molar-refractivity contribution is -0.191. The van der Waals surface area contributed by atoms with Crippen LogP contribution in [0, 0.1) is 0 Å². The minimum absolute atomic E-state index is 0.114. The molecule has 0 saturated carbocycles. The van der Waals surface area contributed by atoms with Gasteiger partial charge in [0, 0.05) is 0 Å². The second-order valence-corrected chi connectivity index (χ2v) is 4.64. The van der Waals surface area contributed by atoms with Gasteiger partial charge in [-0.25, -0.2) is 31.1 Å². The quantitative estimate of drug-likeness (QED) is 0.658. The molecule has 0 aliphatic carbocycles. The van der Waals surface area contributed by atoms with E-state index in [1.54, 1.807) is 0 Å². The van der Waals surface area contributed by atoms with Crippen molar-refractivity contribution in [1.82, 2.24) is 0 Å². The van der Waals surface area contributed by atoms with Crippen LogP contribution in [0.15, 0.2) is 0 Å². The van der Waals surface area contributed by atoms with Crippen molar-refractivity contribution in [2.45, 2.75) is 43.5 Å². The van der Waals surface area contributed by atoms with Crippen LogP contribution < -0.4 is 0 Å². The fourth-order valence-corrected chi connectivity index (χ4v) is 1.34. The molecule has 0 heterocycles. The smallest absolute Gasteiger partial charge is 0.377 e. The second-order valence-electron chi connectivity index (χ2n) is 4.64. The zero-order valence-electron chi connectivity index (χ0n) is 10.6. The Morgan fingerprint density at radius 1 is 0.905 bits per heavy atom. The highest BCUT2D eigenvalue weighted by molar-refractivity contribution is 5.75. The number of ether oxygens (including phenoxy) is 1. The van der Waals surface area contributed by atoms with Gasteiger partial charge >= 0.3 is 11.9 Å². The Bertz CT molecular complexity index is 364. The van der Waals surface area contributed by atoms with Gasteiger partial charge in [-0.3, -0.25) is 0 Å². The molecule has 0 bridgehead atoms. The van der Waals surface area contributed by atoms with E-state index in [1.165, 1.54) is 0 Å². The summed E-state index contributed by atoms with van der Waals surface area (Å²) < 4.78 is 105. The van der Waals surface area contributed by atoms with Gasteiger partial charge in [0.15, 0.2) is 0 Å². The van der Waals surface area contributed by atoms with E-state index in [4.69, 9.17) is 5.11 Å². The third-order valence-corrected chi connectivity index (χ3v) is 2.00. The molecular weight excluding hydrogens is 320 g/mol. The molecular formula is C10H12F8O3. The van der Waals surface area contributed by atoms with Crippen LogP contribution >= 0.6 is 0 Å². The first-order valence-corrected chi connectivity index (χ1v) is 5.39. The Morgan fingerprint density at radius 3 is 1.76 bits per heavy atom. The molecule has 0 unspecified atom stereocenters. The van der Waals surface area contributed by atoms with Gasteiger partial charge in [-0.2, -0.15) is 8.78 Å². The maximum Gasteiger partial charge on any atom is 0.377 e. The fraction of sp³-hybridized carbons (Fsp3) is 0.900. The minimum atomic E-state index is -4.46. The number of halogens is 8. The van der Waals surface area contributed by atoms with E-state index in [0.29, 0.717) is 0 Å². The second kappa shape index (κ2) is 6.32. The van der Waals surface area contributed by atoms with Crippen molar-refractivity contribution in [1.29, 1.82) is 0 Å². The summed E-state index contributed by atoms with van der Waals surface area (Å²) in [5.74, 6) is -19.8. The number of hydrogen-bond donors (Lipinski definition) is 1. The van der Waals surface area contributed by atoms with Gasteiger partial charge < -0.3 is 9.84 Å². The van der Waals surface area contributed by atoms with Gasteiger partial charge in [0.2, 0.25) is 0 Å². The van der Waals surface area contributed by atoms with E-state index < -0.39 is 55.7 Å². The minimum Gasteiger partial charge on any atom is -0.477 e. The Labute approximate surface area is 113 Å². The van der Waals surface area contributed by atoms with Crippen molar-refractivity contribution in [3.8, 4) is 0 Å². The molecule has 0 aromatic carbocycles. The van der Waals surface area contributed by atoms with Crippen LogP contribution in [0.3, 0.4) is 0 Å². The van der Waals surface area contributed by atoms with Gasteiger partial charge in [-0.1, -0.05) is 0 Å². The summed E-state index contributed by atoms with van der Waals surface area (Å²) in [4.78, 5) is 9.94. The van der Waals surface area contributed by atoms with Gasteiger partial charge in [0.1, 0.15) is 13.2 Å². The van der Waals surface area contributed by atoms with Gasteiger partial charge in [-0.05, 0) is 6.92 Å². The Hall–Kier alpha value is -1.13. The van der Waals surface area contributed by atoms with Crippen molar-refractivity contribution in [3.63, 3.8) is 0 Å². The number of carboxylic acids is 1. The molecule has 0 aliphatic rings. The Morgan fingerprint density at radius 2 is 1.38 bits per heavy atom. The highest BCUT2D eigenvalue weighted by atomic mass is 19.3. The molecule has 3 nitrogen and oxygen atoms in total. The molecule has 0 spiro atoms. The lowest BCUT2D eigenvalue weighted by Gasteiger charge is -2.25. The van der Waals surface area contributed by atoms with E-state index in [9.17, 15) is 39.9 Å². The average Bonchev–Trinajstić information content (AvgIpc) is 2.09. The Balaban J connectivity index is 4.47. The standard InChI is InChI=1S/C10H12F8O3/c1-7(11,12)2-8(13,14)3-9(15,16)4-21-5-10(17,18)6(19)20/h2-5H2,1H3,(H,19,20). The van der Waals surface area contributed by atoms with Crippen molar-refractivity contribution in [3.05, 3.63) is 0 Å². The summed E-state index contributed by atoms with van der Waals surface area (Å²) in [6.07, 6.45) is -4.47. The first kappa shape index (κ1) is 19.9. The number of rotatable bonds is 9. The van der Waals surface area contributed by atoms with E-state index in [-0.39, 0.29) is 6.92 Å². The normalized spacial score (nSPS) is 14.3. The van der Waals surface area contributed by atoms with Crippen LogP contribution in [0.5, 0.6) is 0 Å². The maximum atomic E-state index is 13.0. The molecule has 0 fully saturated rings. The molecule has 21 heavy (non-hydrogen) atoms. The van der Waals surface area contributed by atoms with Crippen molar-refractivity contribution < 1.29 is 49.8 Å². The molecule has 0 atom stereocenters. The highest BCUT2D eigenvalue weighted by Gasteiger charge is 2.48. The highest BCUT2D eigenvalue weighted by Crippen LogP contribution is 2.38. The fourth-order valence-electron chi connectivity index (χ4n) is 1.34. The molecule has 0 amide bonds. The topological polar surface area (TPSA) is 46.5 Å². The zero-order valence-corrected chi connectivity index (χ0v) is 10.6. The predicted octanol–water partition coefficient (Wildman–Crippen LogP) is 3.43. The average molecular weight is 332 g/mol. The first-order valence-electron chi connectivity index (χ1n) is 5.39. The lowest BCUT2D eigenvalue weighted by Crippen LogP contribution is -2.39. The summed E-state index contributed by atoms with van der Waals surface area (Å²) in [7, 11) is 0. The number of hydrogen-bond acceptors (Lipinski definition) is 2. The number of alkyl halides is 8. The molecule has 0 rings (SSSR count). The van der Waals surface area contributed by atoms with E-state index >= 15 is 0 Å². The third-order valence-electron chi connectivity index (χ3n) is 2.00. The van der Waals surface area contributed by atoms with Crippen molar-refractivity contribution >= 4 is 5.97 Å². The number of aliphatic carboxylic acids is 1. The molecule has 0 saturated heterocycles. The van der Waals surface area contributed by atoms with E-state index in [1.807, 2.05) is 0 Å². The lowest BCUT2D eigenvalue weighted by atomic mass is 10.0. The van der Waals surface area contributed by atoms with Crippen LogP contribution in [0.2, 0.25) is 0 Å². The van der Waals surface area contributed by atoms with Crippen LogP contribution in [-0.4, -0.2) is 48.0 Å². The summed E-state index contributed by atoms with van der Waals surface area (Å²) in [6.45, 7) is -3.78. The summed E-state index contributed by atoms with van der Waals surface area (Å²) in [5.41, 5.74) is 0. The first-order chi connectivity index (χ1) is 9.06. The molecule has 0 aliphatic heterocycles. The SMILES string of the molecule is CC(F)(F)CC(F)(F)CC(F)(F)COCC(F)(F)C(=O)O. The van der Waals surface area contributed by atoms with Crippen molar-refractivity contribution in [2.75, 3.05) is 13.2 Å². The van der Waals surface area contributed by atoms with Crippen LogP contribution in [0.4, 0.5) is 35.1 Å². The number of carbonyl (C=O) groups is 1. The molecule has 126 valence electrons. The largest absolute Gasteiger partial charge is 0.477 e. The van der Waals surface area contributed by atoms with Crippen LogP contribution in [-0.2, 0) is 9.53 Å². The summed E-state index contributed by atoms with van der Waals surface area (Å²) >= 11 is 0. The monoisotopic (exact) mass is 332 g/mol. The molecule has 0 aromatic heterocycles. The van der Waals surface area contributed by atoms with Gasteiger partial charge in [0.25, 0.3) is 17.8 Å². The van der Waals surface area contributed by atoms with Crippen LogP contribution in [0.1, 0.15) is 19.8 Å². The number of carboxylic acid groups (broad SMARTS) is 1. The molecule has 11 heteroatoms. The van der Waals surface area contributed by atoms with Crippen molar-refractivity contribution in [2.24, 2.45) is 0 Å². The summed E-state index contributed by atoms with van der Waals surface area (Å²) in [6, 6.07) is 0. The van der Waals surface area contributed by atoms with E-state index in [0.717, 1.165) is 0 Å². The van der Waals surface area contributed by atoms with E-state index in [2.05, 4.69) is 4.74 Å². The third kappa shape index (κ3) is 8.68. The zero-order chi connectivity index (χ0) is 17.1. The van der Waals surface area contributed by atoms with Crippen LogP contribution in [0.25, 0.3) is 0 Å². The van der Waals surface area contributed by atoms with Gasteiger partial charge in [0.05, 0.1) is 12.8 Å². The van der Waals surface area contributed by atoms with Gasteiger partial charge in [-0.15, -0.1) is 0 Å². The molecule has 1 N–H and O–H groups in total. The summed E-state index contributed by atoms with van der Waals surface area (Å²) in [5, 5.41) is 7.96. The molecule has 0 aromatic rings. The maximum absolute atomic E-state index is 13.0. The molecule has 0 radical (unpaired) electrons.